The molecular weight excluding hydrogens is 234 g/mol. The highest BCUT2D eigenvalue weighted by Gasteiger charge is 2.26. The first kappa shape index (κ1) is 14.1. The van der Waals surface area contributed by atoms with Gasteiger partial charge in [0, 0.05) is 19.6 Å². The fourth-order valence-corrected chi connectivity index (χ4v) is 1.41. The highest BCUT2D eigenvalue weighted by molar-refractivity contribution is 5.70. The van der Waals surface area contributed by atoms with Gasteiger partial charge in [-0.05, 0) is 20.3 Å². The first-order valence-electron chi connectivity index (χ1n) is 5.95. The van der Waals surface area contributed by atoms with E-state index in [-0.39, 0.29) is 17.5 Å². The Bertz CT molecular complexity index is 422. The molecule has 0 saturated carbocycles. The number of hydrogen-bond acceptors (Lipinski definition) is 6. The van der Waals surface area contributed by atoms with Gasteiger partial charge in [0.2, 0.25) is 11.6 Å². The predicted molar refractivity (Wildman–Crippen MR) is 71.0 cm³/mol. The van der Waals surface area contributed by atoms with Crippen LogP contribution in [0.5, 0.6) is 0 Å². The van der Waals surface area contributed by atoms with Crippen molar-refractivity contribution < 1.29 is 4.92 Å². The van der Waals surface area contributed by atoms with Crippen LogP contribution in [0, 0.1) is 10.1 Å². The van der Waals surface area contributed by atoms with Crippen molar-refractivity contribution in [2.45, 2.75) is 33.2 Å². The van der Waals surface area contributed by atoms with Crippen molar-refractivity contribution in [3.05, 3.63) is 16.4 Å². The lowest BCUT2D eigenvalue weighted by Crippen LogP contribution is -2.27. The van der Waals surface area contributed by atoms with Gasteiger partial charge in [-0.1, -0.05) is 6.92 Å². The van der Waals surface area contributed by atoms with E-state index in [2.05, 4.69) is 15.3 Å². The quantitative estimate of drug-likeness (QED) is 0.617. The number of anilines is 2. The highest BCUT2D eigenvalue weighted by Crippen LogP contribution is 2.31. The molecule has 1 rings (SSSR count). The summed E-state index contributed by atoms with van der Waals surface area (Å²) >= 11 is 0. The second kappa shape index (κ2) is 6.13. The summed E-state index contributed by atoms with van der Waals surface area (Å²) in [5.74, 6) is 0.614. The van der Waals surface area contributed by atoms with E-state index >= 15 is 0 Å². The van der Waals surface area contributed by atoms with Gasteiger partial charge >= 0.3 is 5.69 Å². The van der Waals surface area contributed by atoms with E-state index in [1.807, 2.05) is 20.8 Å². The molecule has 1 heterocycles. The van der Waals surface area contributed by atoms with E-state index < -0.39 is 4.92 Å². The zero-order valence-corrected chi connectivity index (χ0v) is 11.2. The Morgan fingerprint density at radius 1 is 1.50 bits per heavy atom. The summed E-state index contributed by atoms with van der Waals surface area (Å²) < 4.78 is 0. The molecule has 0 atom stereocenters. The van der Waals surface area contributed by atoms with Gasteiger partial charge in [-0.15, -0.1) is 0 Å². The van der Waals surface area contributed by atoms with Crippen LogP contribution in [0.1, 0.15) is 27.2 Å². The lowest BCUT2D eigenvalue weighted by molar-refractivity contribution is -0.383. The molecule has 0 bridgehead atoms. The molecule has 1 N–H and O–H groups in total. The Balaban J connectivity index is 3.21. The van der Waals surface area contributed by atoms with Crippen molar-refractivity contribution in [2.24, 2.45) is 0 Å². The Hall–Kier alpha value is -1.92. The van der Waals surface area contributed by atoms with Gasteiger partial charge in [-0.2, -0.15) is 0 Å². The van der Waals surface area contributed by atoms with E-state index in [0.717, 1.165) is 6.42 Å². The largest absolute Gasteiger partial charge is 0.364 e. The van der Waals surface area contributed by atoms with Crippen LogP contribution in [0.3, 0.4) is 0 Å². The SMILES string of the molecule is CCCNc1ncnc(N(C)C(C)C)c1[N+](=O)[O-]. The summed E-state index contributed by atoms with van der Waals surface area (Å²) in [5.41, 5.74) is -0.0675. The van der Waals surface area contributed by atoms with Crippen LogP contribution in [0.25, 0.3) is 0 Å². The third kappa shape index (κ3) is 3.06. The van der Waals surface area contributed by atoms with Crippen LogP contribution in [-0.4, -0.2) is 34.5 Å². The van der Waals surface area contributed by atoms with Crippen molar-refractivity contribution in [2.75, 3.05) is 23.8 Å². The van der Waals surface area contributed by atoms with Gasteiger partial charge in [-0.3, -0.25) is 10.1 Å². The van der Waals surface area contributed by atoms with Crippen molar-refractivity contribution in [1.82, 2.24) is 9.97 Å². The average molecular weight is 253 g/mol. The van der Waals surface area contributed by atoms with Gasteiger partial charge in [-0.25, -0.2) is 9.97 Å². The van der Waals surface area contributed by atoms with E-state index in [1.54, 1.807) is 11.9 Å². The molecule has 0 unspecified atom stereocenters. The van der Waals surface area contributed by atoms with Gasteiger partial charge in [0.15, 0.2) is 0 Å². The molecule has 0 aliphatic rings. The maximum absolute atomic E-state index is 11.2. The number of nitrogens with one attached hydrogen (secondary N) is 1. The standard InChI is InChI=1S/C11H19N5O2/c1-5-6-12-10-9(16(17)18)11(14-7-13-10)15(4)8(2)3/h7-8H,5-6H2,1-4H3,(H,12,13,14). The maximum atomic E-state index is 11.2. The second-order valence-electron chi connectivity index (χ2n) is 4.28. The molecule has 7 heteroatoms. The molecule has 18 heavy (non-hydrogen) atoms. The number of aromatic nitrogens is 2. The molecule has 0 saturated heterocycles. The van der Waals surface area contributed by atoms with Crippen molar-refractivity contribution in [3.8, 4) is 0 Å². The highest BCUT2D eigenvalue weighted by atomic mass is 16.6. The fourth-order valence-electron chi connectivity index (χ4n) is 1.41. The molecule has 7 nitrogen and oxygen atoms in total. The Morgan fingerprint density at radius 3 is 2.67 bits per heavy atom. The van der Waals surface area contributed by atoms with Gasteiger partial charge in [0.1, 0.15) is 6.33 Å². The molecule has 0 spiro atoms. The number of hydrogen-bond donors (Lipinski definition) is 1. The number of nitro groups is 1. The van der Waals surface area contributed by atoms with Crippen LogP contribution >= 0.6 is 0 Å². The lowest BCUT2D eigenvalue weighted by atomic mass is 10.3. The van der Waals surface area contributed by atoms with Crippen LogP contribution < -0.4 is 10.2 Å². The van der Waals surface area contributed by atoms with Gasteiger partial charge < -0.3 is 10.2 Å². The Labute approximate surface area is 106 Å². The normalized spacial score (nSPS) is 10.5. The van der Waals surface area contributed by atoms with Crippen LogP contribution in [-0.2, 0) is 0 Å². The minimum Gasteiger partial charge on any atom is -0.364 e. The summed E-state index contributed by atoms with van der Waals surface area (Å²) in [5, 5.41) is 14.2. The topological polar surface area (TPSA) is 84.2 Å². The van der Waals surface area contributed by atoms with Crippen molar-refractivity contribution in [3.63, 3.8) is 0 Å². The maximum Gasteiger partial charge on any atom is 0.353 e. The summed E-state index contributed by atoms with van der Waals surface area (Å²) in [6.07, 6.45) is 2.22. The van der Waals surface area contributed by atoms with E-state index in [1.165, 1.54) is 6.33 Å². The van der Waals surface area contributed by atoms with E-state index in [0.29, 0.717) is 12.4 Å². The molecule has 0 aliphatic heterocycles. The number of rotatable bonds is 6. The van der Waals surface area contributed by atoms with Crippen LogP contribution in [0.15, 0.2) is 6.33 Å². The Kier molecular flexibility index (Phi) is 4.82. The summed E-state index contributed by atoms with van der Waals surface area (Å²) in [6.45, 7) is 6.53. The third-order valence-corrected chi connectivity index (χ3v) is 2.64. The molecule has 0 aliphatic carbocycles. The molecule has 1 aromatic heterocycles. The minimum absolute atomic E-state index is 0.0675. The van der Waals surface area contributed by atoms with Crippen LogP contribution in [0.4, 0.5) is 17.3 Å². The molecular formula is C11H19N5O2. The summed E-state index contributed by atoms with van der Waals surface area (Å²) in [7, 11) is 1.78. The minimum atomic E-state index is -0.438. The molecule has 0 amide bonds. The van der Waals surface area contributed by atoms with Gasteiger partial charge in [0.25, 0.3) is 0 Å². The molecule has 1 aromatic rings. The zero-order valence-electron chi connectivity index (χ0n) is 11.2. The summed E-state index contributed by atoms with van der Waals surface area (Å²) in [4.78, 5) is 20.5. The van der Waals surface area contributed by atoms with E-state index in [9.17, 15) is 10.1 Å². The average Bonchev–Trinajstić information content (AvgIpc) is 2.34. The van der Waals surface area contributed by atoms with Crippen molar-refractivity contribution in [1.29, 1.82) is 0 Å². The number of nitrogens with zero attached hydrogens (tertiary/aromatic N) is 4. The first-order chi connectivity index (χ1) is 8.49. The summed E-state index contributed by atoms with van der Waals surface area (Å²) in [6, 6.07) is 0.123. The van der Waals surface area contributed by atoms with Gasteiger partial charge in [0.05, 0.1) is 4.92 Å². The zero-order chi connectivity index (χ0) is 13.7. The third-order valence-electron chi connectivity index (χ3n) is 2.64. The monoisotopic (exact) mass is 253 g/mol. The van der Waals surface area contributed by atoms with Crippen molar-refractivity contribution >= 4 is 17.3 Å². The molecule has 0 fully saturated rings. The second-order valence-corrected chi connectivity index (χ2v) is 4.28. The first-order valence-corrected chi connectivity index (χ1v) is 5.95. The predicted octanol–water partition coefficient (Wildman–Crippen LogP) is 2.05. The lowest BCUT2D eigenvalue weighted by Gasteiger charge is -2.22. The molecule has 0 aromatic carbocycles. The van der Waals surface area contributed by atoms with E-state index in [4.69, 9.17) is 0 Å². The smallest absolute Gasteiger partial charge is 0.353 e. The molecule has 0 radical (unpaired) electrons. The molecule has 100 valence electrons. The van der Waals surface area contributed by atoms with Crippen LogP contribution in [0.2, 0.25) is 0 Å². The fraction of sp³-hybridized carbons (Fsp3) is 0.636. The Morgan fingerprint density at radius 2 is 2.17 bits per heavy atom.